The van der Waals surface area contributed by atoms with Gasteiger partial charge in [0.2, 0.25) is 0 Å². The van der Waals surface area contributed by atoms with E-state index in [2.05, 4.69) is 60.5 Å². The number of aryl methyl sites for hydroxylation is 2. The molecule has 1 fully saturated rings. The predicted octanol–water partition coefficient (Wildman–Crippen LogP) is 3.93. The van der Waals surface area contributed by atoms with Gasteiger partial charge in [0.25, 0.3) is 0 Å². The van der Waals surface area contributed by atoms with Gasteiger partial charge in [-0.2, -0.15) is 0 Å². The van der Waals surface area contributed by atoms with Crippen LogP contribution in [0.2, 0.25) is 0 Å². The van der Waals surface area contributed by atoms with E-state index in [1.165, 1.54) is 16.8 Å². The number of rotatable bonds is 3. The van der Waals surface area contributed by atoms with E-state index in [9.17, 15) is 0 Å². The molecule has 2 aromatic rings. The first-order valence-corrected chi connectivity index (χ1v) is 7.54. The monoisotopic (exact) mass is 318 g/mol. The second kappa shape index (κ2) is 7.52. The minimum absolute atomic E-state index is 0. The Morgan fingerprint density at radius 2 is 1.68 bits per heavy atom. The van der Waals surface area contributed by atoms with Gasteiger partial charge in [0.1, 0.15) is 5.75 Å². The van der Waals surface area contributed by atoms with Gasteiger partial charge in [-0.15, -0.1) is 12.4 Å². The van der Waals surface area contributed by atoms with Gasteiger partial charge >= 0.3 is 0 Å². The van der Waals surface area contributed by atoms with E-state index < -0.39 is 0 Å². The van der Waals surface area contributed by atoms with Crippen molar-refractivity contribution in [3.05, 3.63) is 53.6 Å². The van der Waals surface area contributed by atoms with Crippen LogP contribution in [-0.4, -0.2) is 26.2 Å². The molecule has 1 aliphatic rings. The molecule has 2 aromatic carbocycles. The minimum atomic E-state index is 0. The number of nitrogens with one attached hydrogen (secondary N) is 1. The average Bonchev–Trinajstić information content (AvgIpc) is 2.51. The number of anilines is 1. The molecule has 22 heavy (non-hydrogen) atoms. The number of para-hydroxylation sites is 2. The summed E-state index contributed by atoms with van der Waals surface area (Å²) in [5.41, 5.74) is 3.61. The van der Waals surface area contributed by atoms with Crippen molar-refractivity contribution in [3.8, 4) is 11.5 Å². The van der Waals surface area contributed by atoms with Crippen LogP contribution >= 0.6 is 12.4 Å². The molecule has 0 bridgehead atoms. The van der Waals surface area contributed by atoms with Crippen LogP contribution in [0.15, 0.2) is 42.5 Å². The summed E-state index contributed by atoms with van der Waals surface area (Å²) >= 11 is 0. The Labute approximate surface area is 138 Å². The lowest BCUT2D eigenvalue weighted by Gasteiger charge is -2.30. The van der Waals surface area contributed by atoms with E-state index in [1.807, 2.05) is 6.07 Å². The van der Waals surface area contributed by atoms with Gasteiger partial charge in [-0.3, -0.25) is 0 Å². The zero-order valence-electron chi connectivity index (χ0n) is 13.1. The highest BCUT2D eigenvalue weighted by Crippen LogP contribution is 2.33. The van der Waals surface area contributed by atoms with E-state index >= 15 is 0 Å². The summed E-state index contributed by atoms with van der Waals surface area (Å²) < 4.78 is 6.19. The Balaban J connectivity index is 0.00000176. The first kappa shape index (κ1) is 16.7. The van der Waals surface area contributed by atoms with Crippen LogP contribution in [0.5, 0.6) is 11.5 Å². The van der Waals surface area contributed by atoms with Crippen molar-refractivity contribution < 1.29 is 4.74 Å². The average molecular weight is 319 g/mol. The van der Waals surface area contributed by atoms with Crippen molar-refractivity contribution >= 4 is 18.1 Å². The Bertz CT molecular complexity index is 624. The van der Waals surface area contributed by atoms with Crippen LogP contribution < -0.4 is 15.0 Å². The third-order valence-corrected chi connectivity index (χ3v) is 3.87. The Hall–Kier alpha value is -1.71. The molecule has 0 radical (unpaired) electrons. The van der Waals surface area contributed by atoms with E-state index in [4.69, 9.17) is 4.74 Å². The molecule has 0 aromatic heterocycles. The fourth-order valence-electron chi connectivity index (χ4n) is 2.74. The number of piperazine rings is 1. The third-order valence-electron chi connectivity index (χ3n) is 3.87. The highest BCUT2D eigenvalue weighted by atomic mass is 35.5. The number of hydrogen-bond donors (Lipinski definition) is 1. The first-order chi connectivity index (χ1) is 10.2. The van der Waals surface area contributed by atoms with Crippen LogP contribution in [0.3, 0.4) is 0 Å². The molecule has 4 heteroatoms. The highest BCUT2D eigenvalue weighted by molar-refractivity contribution is 5.85. The van der Waals surface area contributed by atoms with E-state index in [-0.39, 0.29) is 12.4 Å². The molecule has 0 atom stereocenters. The Kier molecular flexibility index (Phi) is 5.69. The highest BCUT2D eigenvalue weighted by Gasteiger charge is 2.15. The Morgan fingerprint density at radius 1 is 0.955 bits per heavy atom. The SMILES string of the molecule is Cc1ccc(Oc2ccccc2N2CCNCC2)c(C)c1.Cl. The van der Waals surface area contributed by atoms with E-state index in [0.29, 0.717) is 0 Å². The van der Waals surface area contributed by atoms with Crippen molar-refractivity contribution in [2.75, 3.05) is 31.1 Å². The summed E-state index contributed by atoms with van der Waals surface area (Å²) in [5, 5.41) is 3.39. The van der Waals surface area contributed by atoms with Crippen molar-refractivity contribution in [2.24, 2.45) is 0 Å². The topological polar surface area (TPSA) is 24.5 Å². The van der Waals surface area contributed by atoms with Crippen molar-refractivity contribution in [1.29, 1.82) is 0 Å². The van der Waals surface area contributed by atoms with Crippen molar-refractivity contribution in [2.45, 2.75) is 13.8 Å². The molecular formula is C18H23ClN2O. The van der Waals surface area contributed by atoms with Crippen LogP contribution in [0.25, 0.3) is 0 Å². The molecule has 1 aliphatic heterocycles. The fraction of sp³-hybridized carbons (Fsp3) is 0.333. The lowest BCUT2D eigenvalue weighted by atomic mass is 10.1. The molecule has 3 nitrogen and oxygen atoms in total. The molecule has 1 N–H and O–H groups in total. The normalized spacial score (nSPS) is 14.4. The summed E-state index contributed by atoms with van der Waals surface area (Å²) in [6, 6.07) is 14.6. The van der Waals surface area contributed by atoms with Crippen LogP contribution in [-0.2, 0) is 0 Å². The molecule has 3 rings (SSSR count). The summed E-state index contributed by atoms with van der Waals surface area (Å²) in [6.07, 6.45) is 0. The maximum Gasteiger partial charge on any atom is 0.150 e. The van der Waals surface area contributed by atoms with Gasteiger partial charge < -0.3 is 15.0 Å². The van der Waals surface area contributed by atoms with Crippen LogP contribution in [0.4, 0.5) is 5.69 Å². The quantitative estimate of drug-likeness (QED) is 0.928. The second-order valence-electron chi connectivity index (χ2n) is 5.58. The zero-order valence-corrected chi connectivity index (χ0v) is 14.0. The molecule has 1 heterocycles. The fourth-order valence-corrected chi connectivity index (χ4v) is 2.74. The molecule has 1 saturated heterocycles. The lowest BCUT2D eigenvalue weighted by Crippen LogP contribution is -2.43. The number of ether oxygens (including phenoxy) is 1. The van der Waals surface area contributed by atoms with Gasteiger partial charge in [-0.1, -0.05) is 29.8 Å². The standard InChI is InChI=1S/C18H22N2O.ClH/c1-14-7-8-17(15(2)13-14)21-18-6-4-3-5-16(18)20-11-9-19-10-12-20;/h3-8,13,19H,9-12H2,1-2H3;1H. The van der Waals surface area contributed by atoms with Crippen molar-refractivity contribution in [1.82, 2.24) is 5.32 Å². The predicted molar refractivity (Wildman–Crippen MR) is 94.8 cm³/mol. The molecule has 0 unspecified atom stereocenters. The number of hydrogen-bond acceptors (Lipinski definition) is 3. The minimum Gasteiger partial charge on any atom is -0.455 e. The van der Waals surface area contributed by atoms with E-state index in [1.54, 1.807) is 0 Å². The van der Waals surface area contributed by atoms with Crippen LogP contribution in [0, 0.1) is 13.8 Å². The van der Waals surface area contributed by atoms with Gasteiger partial charge in [0, 0.05) is 26.2 Å². The molecular weight excluding hydrogens is 296 g/mol. The molecule has 0 aliphatic carbocycles. The first-order valence-electron chi connectivity index (χ1n) is 7.54. The second-order valence-corrected chi connectivity index (χ2v) is 5.58. The number of nitrogens with zero attached hydrogens (tertiary/aromatic N) is 1. The lowest BCUT2D eigenvalue weighted by molar-refractivity contribution is 0.474. The molecule has 0 saturated carbocycles. The number of benzene rings is 2. The summed E-state index contributed by atoms with van der Waals surface area (Å²) in [7, 11) is 0. The number of halogens is 1. The summed E-state index contributed by atoms with van der Waals surface area (Å²) in [6.45, 7) is 8.29. The van der Waals surface area contributed by atoms with Gasteiger partial charge in [0.15, 0.2) is 5.75 Å². The van der Waals surface area contributed by atoms with Gasteiger partial charge in [0.05, 0.1) is 5.69 Å². The molecule has 0 spiro atoms. The van der Waals surface area contributed by atoms with Crippen LogP contribution in [0.1, 0.15) is 11.1 Å². The van der Waals surface area contributed by atoms with Gasteiger partial charge in [-0.05, 0) is 37.6 Å². The molecule has 118 valence electrons. The van der Waals surface area contributed by atoms with Crippen molar-refractivity contribution in [3.63, 3.8) is 0 Å². The summed E-state index contributed by atoms with van der Waals surface area (Å²) in [5.74, 6) is 1.87. The Morgan fingerprint density at radius 3 is 2.41 bits per heavy atom. The molecule has 0 amide bonds. The summed E-state index contributed by atoms with van der Waals surface area (Å²) in [4.78, 5) is 2.38. The van der Waals surface area contributed by atoms with Gasteiger partial charge in [-0.25, -0.2) is 0 Å². The smallest absolute Gasteiger partial charge is 0.150 e. The third kappa shape index (κ3) is 3.73. The zero-order chi connectivity index (χ0) is 14.7. The maximum absolute atomic E-state index is 6.19. The van der Waals surface area contributed by atoms with E-state index in [0.717, 1.165) is 37.7 Å². The maximum atomic E-state index is 6.19. The largest absolute Gasteiger partial charge is 0.455 e.